The Bertz CT molecular complexity index is 138. The molecule has 0 spiro atoms. The second-order valence-corrected chi connectivity index (χ2v) is 2.81. The van der Waals surface area contributed by atoms with Crippen LogP contribution in [0.3, 0.4) is 0 Å². The van der Waals surface area contributed by atoms with E-state index in [0.717, 1.165) is 0 Å². The molecule has 1 rings (SSSR count). The third-order valence-electron chi connectivity index (χ3n) is 0.800. The van der Waals surface area contributed by atoms with E-state index in [0.29, 0.717) is 0 Å². The van der Waals surface area contributed by atoms with Gasteiger partial charge >= 0.3 is 51.5 Å². The Balaban J connectivity index is 0.000000490. The normalized spacial score (nSPS) is 7.62. The molecule has 0 aliphatic heterocycles. The molecule has 0 bridgehead atoms. The fraction of sp³-hybridized carbons (Fsp3) is 0. The molecule has 0 aromatic heterocycles. The van der Waals surface area contributed by atoms with Gasteiger partial charge in [0.15, 0.2) is 0 Å². The smallest absolute Gasteiger partial charge is 0 e. The molecule has 0 aliphatic carbocycles. The molecule has 0 N–H and O–H groups in total. The number of hydrogen-bond donors (Lipinski definition) is 0. The first-order chi connectivity index (χ1) is 3.39. The summed E-state index contributed by atoms with van der Waals surface area (Å²) in [6, 6.07) is 10.4. The Labute approximate surface area is 60.4 Å². The largest absolute Gasteiger partial charge is 0 e. The van der Waals surface area contributed by atoms with E-state index in [2.05, 4.69) is 24.3 Å². The molecule has 0 saturated carbocycles. The average Bonchev–Trinajstić information content (AvgIpc) is 1.69. The molecular formula is C6H7AsB. The molecule has 1 atom stereocenters. The Morgan fingerprint density at radius 2 is 1.50 bits per heavy atom. The van der Waals surface area contributed by atoms with E-state index in [1.54, 1.807) is 16.9 Å². The molecule has 8 heavy (non-hydrogen) atoms. The van der Waals surface area contributed by atoms with Crippen molar-refractivity contribution in [3.8, 4) is 0 Å². The number of benzene rings is 1. The molecule has 0 fully saturated rings. The summed E-state index contributed by atoms with van der Waals surface area (Å²) in [5.74, 6) is 0. The predicted octanol–water partition coefficient (Wildman–Crippen LogP) is -0.436. The van der Waals surface area contributed by atoms with E-state index in [1.165, 1.54) is 4.35 Å². The van der Waals surface area contributed by atoms with Gasteiger partial charge in [0.25, 0.3) is 0 Å². The summed E-state index contributed by atoms with van der Waals surface area (Å²) in [6.07, 6.45) is 0. The molecule has 0 heterocycles. The zero-order valence-corrected chi connectivity index (χ0v) is 6.96. The van der Waals surface area contributed by atoms with Crippen molar-refractivity contribution in [3.63, 3.8) is 0 Å². The van der Waals surface area contributed by atoms with Crippen molar-refractivity contribution in [2.24, 2.45) is 0 Å². The monoisotopic (exact) mass is 165 g/mol. The van der Waals surface area contributed by atoms with Gasteiger partial charge in [-0.25, -0.2) is 0 Å². The Kier molecular flexibility index (Phi) is 3.72. The van der Waals surface area contributed by atoms with Crippen molar-refractivity contribution in [1.29, 1.82) is 0 Å². The summed E-state index contributed by atoms with van der Waals surface area (Å²) in [4.78, 5) is 0. The van der Waals surface area contributed by atoms with Gasteiger partial charge in [0.1, 0.15) is 0 Å². The number of rotatable bonds is 0. The first-order valence-corrected chi connectivity index (χ1v) is 3.41. The molecule has 0 aliphatic rings. The van der Waals surface area contributed by atoms with Gasteiger partial charge in [0.2, 0.25) is 0 Å². The minimum atomic E-state index is 0. The molecule has 3 radical (unpaired) electrons. The van der Waals surface area contributed by atoms with Crippen molar-refractivity contribution in [3.05, 3.63) is 30.3 Å². The molecule has 1 aromatic carbocycles. The van der Waals surface area contributed by atoms with Gasteiger partial charge in [0, 0.05) is 8.41 Å². The quantitative estimate of drug-likeness (QED) is 0.457. The summed E-state index contributed by atoms with van der Waals surface area (Å²) in [6.45, 7) is 0. The van der Waals surface area contributed by atoms with Crippen LogP contribution in [0, 0.1) is 0 Å². The zero-order chi connectivity index (χ0) is 5.11. The fourth-order valence-corrected chi connectivity index (χ4v) is 0.919. The average molecular weight is 165 g/mol. The molecule has 39 valence electrons. The van der Waals surface area contributed by atoms with Gasteiger partial charge in [-0.15, -0.1) is 0 Å². The third-order valence-corrected chi connectivity index (χ3v) is 1.61. The Hall–Kier alpha value is -0.157. The predicted molar refractivity (Wildman–Crippen MR) is 40.4 cm³/mol. The summed E-state index contributed by atoms with van der Waals surface area (Å²) in [5.41, 5.74) is 0. The maximum absolute atomic E-state index is 2.11. The Morgan fingerprint density at radius 3 is 1.75 bits per heavy atom. The van der Waals surface area contributed by atoms with E-state index in [9.17, 15) is 0 Å². The second kappa shape index (κ2) is 3.80. The standard InChI is InChI=1S/C6H7As.B/c7-6-4-2-1-3-5-6;/h1-5H,7H2;. The SMILES string of the molecule is [AsH2]c1ccccc1.[B]. The Morgan fingerprint density at radius 1 is 1.00 bits per heavy atom. The van der Waals surface area contributed by atoms with Crippen LogP contribution in [0.4, 0.5) is 0 Å². The summed E-state index contributed by atoms with van der Waals surface area (Å²) in [5, 5.41) is 0. The van der Waals surface area contributed by atoms with Crippen LogP contribution < -0.4 is 4.35 Å². The molecule has 1 unspecified atom stereocenters. The van der Waals surface area contributed by atoms with Crippen molar-refractivity contribution in [2.45, 2.75) is 0 Å². The van der Waals surface area contributed by atoms with Gasteiger partial charge in [-0.2, -0.15) is 0 Å². The van der Waals surface area contributed by atoms with Crippen LogP contribution in [-0.2, 0) is 0 Å². The topological polar surface area (TPSA) is 0 Å². The summed E-state index contributed by atoms with van der Waals surface area (Å²) < 4.78 is 1.38. The summed E-state index contributed by atoms with van der Waals surface area (Å²) in [7, 11) is 0. The van der Waals surface area contributed by atoms with Crippen LogP contribution >= 0.6 is 0 Å². The van der Waals surface area contributed by atoms with Gasteiger partial charge in [-0.3, -0.25) is 0 Å². The molecule has 2 heteroatoms. The van der Waals surface area contributed by atoms with Crippen LogP contribution in [0.2, 0.25) is 0 Å². The molecule has 0 saturated heterocycles. The minimum Gasteiger partial charge on any atom is 0 e. The second-order valence-electron chi connectivity index (χ2n) is 1.41. The van der Waals surface area contributed by atoms with E-state index in [-0.39, 0.29) is 8.41 Å². The van der Waals surface area contributed by atoms with Crippen LogP contribution in [0.25, 0.3) is 0 Å². The van der Waals surface area contributed by atoms with Crippen molar-refractivity contribution < 1.29 is 0 Å². The third kappa shape index (κ3) is 2.23. The summed E-state index contributed by atoms with van der Waals surface area (Å²) >= 11 is 1.67. The van der Waals surface area contributed by atoms with E-state index < -0.39 is 0 Å². The molecule has 0 nitrogen and oxygen atoms in total. The zero-order valence-electron chi connectivity index (χ0n) is 4.54. The van der Waals surface area contributed by atoms with Crippen molar-refractivity contribution in [2.75, 3.05) is 0 Å². The van der Waals surface area contributed by atoms with Gasteiger partial charge in [-0.05, 0) is 0 Å². The molecule has 1 aromatic rings. The van der Waals surface area contributed by atoms with E-state index in [1.807, 2.05) is 6.07 Å². The van der Waals surface area contributed by atoms with Gasteiger partial charge in [0.05, 0.1) is 0 Å². The first-order valence-electron chi connectivity index (χ1n) is 2.20. The van der Waals surface area contributed by atoms with E-state index in [4.69, 9.17) is 0 Å². The fourth-order valence-electron chi connectivity index (χ4n) is 0.453. The maximum Gasteiger partial charge on any atom is 0 e. The van der Waals surface area contributed by atoms with Crippen LogP contribution in [0.5, 0.6) is 0 Å². The van der Waals surface area contributed by atoms with Gasteiger partial charge in [-0.1, -0.05) is 0 Å². The van der Waals surface area contributed by atoms with Crippen LogP contribution in [0.1, 0.15) is 0 Å². The van der Waals surface area contributed by atoms with Crippen LogP contribution in [-0.4, -0.2) is 25.3 Å². The van der Waals surface area contributed by atoms with Gasteiger partial charge < -0.3 is 0 Å². The van der Waals surface area contributed by atoms with Crippen LogP contribution in [0.15, 0.2) is 30.3 Å². The minimum absolute atomic E-state index is 0. The maximum atomic E-state index is 2.11. The van der Waals surface area contributed by atoms with E-state index >= 15 is 0 Å². The number of hydrogen-bond acceptors (Lipinski definition) is 0. The first kappa shape index (κ1) is 7.84. The molecular weight excluding hydrogens is 158 g/mol. The molecule has 0 amide bonds. The van der Waals surface area contributed by atoms with Crippen molar-refractivity contribution in [1.82, 2.24) is 0 Å². The van der Waals surface area contributed by atoms with Crippen molar-refractivity contribution >= 4 is 29.6 Å².